The van der Waals surface area contributed by atoms with Crippen molar-refractivity contribution < 1.29 is 4.74 Å². The van der Waals surface area contributed by atoms with E-state index >= 15 is 0 Å². The molecule has 0 saturated carbocycles. The predicted octanol–water partition coefficient (Wildman–Crippen LogP) is 4.74. The third kappa shape index (κ3) is 2.30. The number of hydrogen-bond donors (Lipinski definition) is 1. The van der Waals surface area contributed by atoms with Crippen molar-refractivity contribution in [2.45, 2.75) is 0 Å². The highest BCUT2D eigenvalue weighted by Crippen LogP contribution is 2.31. The molecule has 26 heavy (non-hydrogen) atoms. The van der Waals surface area contributed by atoms with E-state index in [1.54, 1.807) is 30.0 Å². The summed E-state index contributed by atoms with van der Waals surface area (Å²) in [6, 6.07) is 11.1. The number of fused-ring (bicyclic) bond motifs is 4. The fraction of sp³-hybridized carbons (Fsp3) is 0.0556. The summed E-state index contributed by atoms with van der Waals surface area (Å²) in [7, 11) is 1.64. The lowest BCUT2D eigenvalue weighted by molar-refractivity contribution is 0.415. The monoisotopic (exact) mass is 383 g/mol. The fourth-order valence-electron chi connectivity index (χ4n) is 3.00. The highest BCUT2D eigenvalue weighted by atomic mass is 35.5. The summed E-state index contributed by atoms with van der Waals surface area (Å²) in [5.74, 6) is 1.25. The van der Waals surface area contributed by atoms with E-state index in [0.29, 0.717) is 27.2 Å². The van der Waals surface area contributed by atoms with Gasteiger partial charge in [0.05, 0.1) is 24.0 Å². The number of aromatic amines is 1. The van der Waals surface area contributed by atoms with Crippen molar-refractivity contribution in [3.8, 4) is 17.0 Å². The molecule has 1 N–H and O–H groups in total. The van der Waals surface area contributed by atoms with Crippen molar-refractivity contribution in [3.05, 3.63) is 52.6 Å². The van der Waals surface area contributed by atoms with Gasteiger partial charge in [0.25, 0.3) is 5.78 Å². The minimum Gasteiger partial charge on any atom is -0.497 e. The van der Waals surface area contributed by atoms with Crippen LogP contribution in [-0.2, 0) is 0 Å². The highest BCUT2D eigenvalue weighted by molar-refractivity contribution is 6.36. The molecule has 0 spiro atoms. The zero-order chi connectivity index (χ0) is 17.8. The Morgan fingerprint density at radius 3 is 2.77 bits per heavy atom. The third-order valence-electron chi connectivity index (χ3n) is 4.26. The number of methoxy groups -OCH3 is 1. The van der Waals surface area contributed by atoms with Gasteiger partial charge in [0.1, 0.15) is 11.3 Å². The molecule has 0 aliphatic heterocycles. The summed E-state index contributed by atoms with van der Waals surface area (Å²) < 4.78 is 6.95. The minimum atomic E-state index is 0.483. The number of imidazole rings is 1. The van der Waals surface area contributed by atoms with Crippen LogP contribution in [0.15, 0.2) is 42.6 Å². The van der Waals surface area contributed by atoms with Crippen LogP contribution in [-0.4, -0.2) is 31.7 Å². The molecule has 3 aromatic heterocycles. The Morgan fingerprint density at radius 2 is 1.96 bits per heavy atom. The molecule has 0 fully saturated rings. The van der Waals surface area contributed by atoms with Crippen LogP contribution in [0.25, 0.3) is 39.1 Å². The maximum Gasteiger partial charge on any atom is 0.253 e. The summed E-state index contributed by atoms with van der Waals surface area (Å²) in [4.78, 5) is 12.4. The van der Waals surface area contributed by atoms with Gasteiger partial charge in [-0.05, 0) is 36.4 Å². The van der Waals surface area contributed by atoms with Crippen LogP contribution >= 0.6 is 23.2 Å². The number of ether oxygens (including phenoxy) is 1. The molecule has 0 radical (unpaired) electrons. The van der Waals surface area contributed by atoms with Gasteiger partial charge in [0.2, 0.25) is 0 Å². The molecule has 0 atom stereocenters. The molecule has 8 heteroatoms. The molecule has 5 rings (SSSR count). The molecule has 0 bridgehead atoms. The van der Waals surface area contributed by atoms with E-state index in [1.807, 2.05) is 24.3 Å². The summed E-state index contributed by atoms with van der Waals surface area (Å²) in [5.41, 5.74) is 3.81. The van der Waals surface area contributed by atoms with Gasteiger partial charge >= 0.3 is 0 Å². The van der Waals surface area contributed by atoms with Crippen LogP contribution in [0.5, 0.6) is 5.75 Å². The van der Waals surface area contributed by atoms with E-state index in [9.17, 15) is 0 Å². The minimum absolute atomic E-state index is 0.483. The van der Waals surface area contributed by atoms with Crippen LogP contribution in [0, 0.1) is 0 Å². The summed E-state index contributed by atoms with van der Waals surface area (Å²) in [5, 5.41) is 6.71. The second-order valence-electron chi connectivity index (χ2n) is 5.84. The molecule has 0 unspecified atom stereocenters. The van der Waals surface area contributed by atoms with E-state index in [2.05, 4.69) is 20.1 Å². The van der Waals surface area contributed by atoms with Crippen LogP contribution < -0.4 is 4.74 Å². The lowest BCUT2D eigenvalue weighted by Gasteiger charge is -1.99. The number of rotatable bonds is 2. The molecular formula is C18H11Cl2N5O. The first-order chi connectivity index (χ1) is 12.6. The maximum absolute atomic E-state index is 6.29. The number of aromatic nitrogens is 5. The highest BCUT2D eigenvalue weighted by Gasteiger charge is 2.14. The Bertz CT molecular complexity index is 1310. The number of nitrogens with one attached hydrogen (secondary N) is 1. The second kappa shape index (κ2) is 5.59. The van der Waals surface area contributed by atoms with Gasteiger partial charge in [0.15, 0.2) is 5.65 Å². The lowest BCUT2D eigenvalue weighted by Crippen LogP contribution is -1.93. The van der Waals surface area contributed by atoms with Crippen molar-refractivity contribution in [3.63, 3.8) is 0 Å². The average molecular weight is 384 g/mol. The van der Waals surface area contributed by atoms with Crippen molar-refractivity contribution in [1.29, 1.82) is 0 Å². The molecule has 6 nitrogen and oxygen atoms in total. The largest absolute Gasteiger partial charge is 0.497 e. The number of nitrogens with zero attached hydrogens (tertiary/aromatic N) is 4. The summed E-state index contributed by atoms with van der Waals surface area (Å²) >= 11 is 12.3. The zero-order valence-electron chi connectivity index (χ0n) is 13.5. The van der Waals surface area contributed by atoms with E-state index in [4.69, 9.17) is 27.9 Å². The van der Waals surface area contributed by atoms with Gasteiger partial charge in [0, 0.05) is 21.5 Å². The standard InChI is InChI=1S/C18H11Cl2N5O/c1-26-10-3-5-14-12(7-10)16-17(21-14)23-18-22-15(8-25(18)24-16)11-4-2-9(19)6-13(11)20/h2-8H,1H3,(H,21,22,23). The Hall–Kier alpha value is -2.83. The zero-order valence-corrected chi connectivity index (χ0v) is 15.0. The summed E-state index contributed by atoms with van der Waals surface area (Å²) in [6.07, 6.45) is 1.80. The van der Waals surface area contributed by atoms with E-state index in [1.165, 1.54) is 0 Å². The van der Waals surface area contributed by atoms with Crippen molar-refractivity contribution in [1.82, 2.24) is 24.6 Å². The van der Waals surface area contributed by atoms with Gasteiger partial charge in [-0.25, -0.2) is 9.50 Å². The molecule has 0 amide bonds. The molecule has 3 heterocycles. The molecule has 0 aliphatic carbocycles. The topological polar surface area (TPSA) is 68.1 Å². The van der Waals surface area contributed by atoms with E-state index in [-0.39, 0.29) is 0 Å². The number of halogens is 2. The lowest BCUT2D eigenvalue weighted by atomic mass is 10.2. The van der Waals surface area contributed by atoms with Crippen LogP contribution in [0.4, 0.5) is 0 Å². The first-order valence-corrected chi connectivity index (χ1v) is 8.56. The first kappa shape index (κ1) is 15.4. The smallest absolute Gasteiger partial charge is 0.253 e. The predicted molar refractivity (Wildman–Crippen MR) is 102 cm³/mol. The van der Waals surface area contributed by atoms with Gasteiger partial charge in [-0.3, -0.25) is 0 Å². The molecule has 128 valence electrons. The Morgan fingerprint density at radius 1 is 1.08 bits per heavy atom. The van der Waals surface area contributed by atoms with Crippen LogP contribution in [0.2, 0.25) is 10.0 Å². The molecule has 5 aromatic rings. The fourth-order valence-corrected chi connectivity index (χ4v) is 3.50. The van der Waals surface area contributed by atoms with Crippen LogP contribution in [0.1, 0.15) is 0 Å². The van der Waals surface area contributed by atoms with Crippen molar-refractivity contribution >= 4 is 51.0 Å². The first-order valence-electron chi connectivity index (χ1n) is 7.80. The van der Waals surface area contributed by atoms with Gasteiger partial charge in [-0.1, -0.05) is 23.2 Å². The normalized spacial score (nSPS) is 11.7. The second-order valence-corrected chi connectivity index (χ2v) is 6.68. The Labute approximate surface area is 157 Å². The van der Waals surface area contributed by atoms with Crippen LogP contribution in [0.3, 0.4) is 0 Å². The number of benzene rings is 2. The molecule has 0 saturated heterocycles. The van der Waals surface area contributed by atoms with E-state index in [0.717, 1.165) is 27.7 Å². The Balaban J connectivity index is 1.74. The van der Waals surface area contributed by atoms with Gasteiger partial charge < -0.3 is 9.72 Å². The quantitative estimate of drug-likeness (QED) is 0.477. The van der Waals surface area contributed by atoms with Gasteiger partial charge in [-0.2, -0.15) is 10.1 Å². The number of H-pyrrole nitrogens is 1. The van der Waals surface area contributed by atoms with Crippen molar-refractivity contribution in [2.24, 2.45) is 0 Å². The van der Waals surface area contributed by atoms with Gasteiger partial charge in [-0.15, -0.1) is 0 Å². The summed E-state index contributed by atoms with van der Waals surface area (Å²) in [6.45, 7) is 0. The van der Waals surface area contributed by atoms with E-state index < -0.39 is 0 Å². The third-order valence-corrected chi connectivity index (χ3v) is 4.80. The van der Waals surface area contributed by atoms with Crippen molar-refractivity contribution in [2.75, 3.05) is 7.11 Å². The number of hydrogen-bond acceptors (Lipinski definition) is 4. The molecule has 2 aromatic carbocycles. The SMILES string of the molecule is COc1ccc2[nH]c3nc4nc(-c5ccc(Cl)cc5Cl)cn4nc3c2c1. The Kier molecular flexibility index (Phi) is 3.32. The average Bonchev–Trinajstić information content (AvgIpc) is 3.19. The maximum atomic E-state index is 6.29. The molecular weight excluding hydrogens is 373 g/mol. The molecule has 0 aliphatic rings.